The van der Waals surface area contributed by atoms with Crippen molar-refractivity contribution in [3.63, 3.8) is 0 Å². The van der Waals surface area contributed by atoms with E-state index < -0.39 is 0 Å². The molecule has 4 aromatic rings. The van der Waals surface area contributed by atoms with Crippen LogP contribution in [0.25, 0.3) is 32.0 Å². The molecular weight excluding hydrogens is 566 g/mol. The van der Waals surface area contributed by atoms with E-state index in [0.717, 1.165) is 68.6 Å². The summed E-state index contributed by atoms with van der Waals surface area (Å²) in [5, 5.41) is 0. The lowest BCUT2D eigenvalue weighted by Gasteiger charge is -2.17. The first-order valence-corrected chi connectivity index (χ1v) is 12.4. The molecule has 2 aliphatic heterocycles. The second-order valence-corrected chi connectivity index (χ2v) is 11.3. The van der Waals surface area contributed by atoms with Gasteiger partial charge in [0, 0.05) is 11.8 Å². The summed E-state index contributed by atoms with van der Waals surface area (Å²) in [6.45, 7) is 2.08. The van der Waals surface area contributed by atoms with E-state index in [0.29, 0.717) is 32.2 Å². The number of hydrogen-bond donors (Lipinski definition) is 0. The fraction of sp³-hybridized carbons (Fsp3) is 0.235. The maximum Gasteiger partial charge on any atom is 0.187 e. The van der Waals surface area contributed by atoms with Gasteiger partial charge in [-0.3, -0.25) is 4.98 Å². The summed E-state index contributed by atoms with van der Waals surface area (Å²) in [7, 11) is 0. The van der Waals surface area contributed by atoms with Crippen LogP contribution in [-0.4, -0.2) is 40.2 Å². The molecule has 0 amide bonds. The van der Waals surface area contributed by atoms with Gasteiger partial charge in [-0.15, -0.1) is 22.7 Å². The summed E-state index contributed by atoms with van der Waals surface area (Å²) >= 11 is 11.4. The molecule has 12 heteroatoms. The molecule has 2 aliphatic rings. The Morgan fingerprint density at radius 1 is 0.724 bits per heavy atom. The van der Waals surface area contributed by atoms with Crippen molar-refractivity contribution in [2.45, 2.75) is 0 Å². The minimum Gasteiger partial charge on any atom is -0.485 e. The van der Waals surface area contributed by atoms with Crippen molar-refractivity contribution in [2.75, 3.05) is 26.4 Å². The highest BCUT2D eigenvalue weighted by atomic mass is 79.9. The van der Waals surface area contributed by atoms with Gasteiger partial charge in [-0.2, -0.15) is 8.75 Å². The zero-order valence-electron chi connectivity index (χ0n) is 14.4. The van der Waals surface area contributed by atoms with E-state index in [1.54, 1.807) is 11.3 Å². The Labute approximate surface area is 193 Å². The van der Waals surface area contributed by atoms with Gasteiger partial charge in [-0.1, -0.05) is 0 Å². The Balaban J connectivity index is 1.55. The number of halogens is 2. The van der Waals surface area contributed by atoms with Crippen molar-refractivity contribution >= 4 is 77.3 Å². The number of pyridine rings is 1. The molecule has 6 heterocycles. The molecule has 29 heavy (non-hydrogen) atoms. The summed E-state index contributed by atoms with van der Waals surface area (Å²) in [5.74, 6) is 2.89. The Hall–Kier alpha value is -1.47. The van der Waals surface area contributed by atoms with Crippen molar-refractivity contribution in [1.82, 2.24) is 13.7 Å². The van der Waals surface area contributed by atoms with Crippen LogP contribution < -0.4 is 18.9 Å². The van der Waals surface area contributed by atoms with E-state index in [4.69, 9.17) is 23.9 Å². The Morgan fingerprint density at radius 2 is 1.28 bits per heavy atom. The standard InChI is InChI=1S/C17H9Br2N3O4S3/c18-16-12-10(23-1-3-25-12)14(27-16)6-5-20-9(8-7(6)21-29-22-8)15-11-13(17(19)28-15)26-4-2-24-11/h5H,1-4H2. The maximum absolute atomic E-state index is 5.89. The molecule has 4 aromatic heterocycles. The molecule has 0 aliphatic carbocycles. The topological polar surface area (TPSA) is 75.6 Å². The number of hydrogen-bond acceptors (Lipinski definition) is 10. The first-order valence-electron chi connectivity index (χ1n) is 8.50. The lowest BCUT2D eigenvalue weighted by molar-refractivity contribution is 0.173. The van der Waals surface area contributed by atoms with Crippen molar-refractivity contribution < 1.29 is 18.9 Å². The highest BCUT2D eigenvalue weighted by Gasteiger charge is 2.30. The quantitative estimate of drug-likeness (QED) is 0.308. The van der Waals surface area contributed by atoms with Crippen LogP contribution in [0.15, 0.2) is 13.8 Å². The zero-order valence-corrected chi connectivity index (χ0v) is 20.0. The normalized spacial score (nSPS) is 15.1. The second-order valence-electron chi connectivity index (χ2n) is 6.10. The number of ether oxygens (including phenoxy) is 4. The van der Waals surface area contributed by atoms with Gasteiger partial charge in [0.15, 0.2) is 23.0 Å². The third-order valence-electron chi connectivity index (χ3n) is 4.47. The lowest BCUT2D eigenvalue weighted by atomic mass is 10.1. The van der Waals surface area contributed by atoms with Crippen LogP contribution in [0.1, 0.15) is 0 Å². The van der Waals surface area contributed by atoms with Crippen LogP contribution >= 0.6 is 66.3 Å². The first-order chi connectivity index (χ1) is 14.2. The fourth-order valence-corrected chi connectivity index (χ4v) is 7.23. The van der Waals surface area contributed by atoms with Crippen LogP contribution in [0.2, 0.25) is 0 Å². The Bertz CT molecular complexity index is 1170. The average molecular weight is 575 g/mol. The average Bonchev–Trinajstić information content (AvgIpc) is 3.45. The highest BCUT2D eigenvalue weighted by molar-refractivity contribution is 9.11. The third kappa shape index (κ3) is 2.80. The van der Waals surface area contributed by atoms with E-state index >= 15 is 0 Å². The molecule has 0 saturated carbocycles. The van der Waals surface area contributed by atoms with Gasteiger partial charge in [0.05, 0.1) is 16.6 Å². The van der Waals surface area contributed by atoms with Gasteiger partial charge >= 0.3 is 0 Å². The Morgan fingerprint density at radius 3 is 1.97 bits per heavy atom. The van der Waals surface area contributed by atoms with Gasteiger partial charge in [-0.05, 0) is 31.9 Å². The highest BCUT2D eigenvalue weighted by Crippen LogP contribution is 2.55. The smallest absolute Gasteiger partial charge is 0.187 e. The largest absolute Gasteiger partial charge is 0.485 e. The van der Waals surface area contributed by atoms with E-state index in [1.165, 1.54) is 11.3 Å². The minimum absolute atomic E-state index is 0.506. The molecule has 0 aromatic carbocycles. The van der Waals surface area contributed by atoms with Crippen LogP contribution in [-0.2, 0) is 0 Å². The Kier molecular flexibility index (Phi) is 4.45. The molecule has 6 rings (SSSR count). The second kappa shape index (κ2) is 7.05. The molecule has 0 bridgehead atoms. The molecule has 0 N–H and O–H groups in total. The third-order valence-corrected chi connectivity index (χ3v) is 8.61. The monoisotopic (exact) mass is 573 g/mol. The number of rotatable bonds is 2. The predicted octanol–water partition coefficient (Wildman–Crippen LogP) is 5.61. The first kappa shape index (κ1) is 18.3. The van der Waals surface area contributed by atoms with Gasteiger partial charge in [0.25, 0.3) is 0 Å². The molecule has 0 fully saturated rings. The number of fused-ring (bicyclic) bond motifs is 3. The van der Waals surface area contributed by atoms with Crippen molar-refractivity contribution in [3.05, 3.63) is 13.8 Å². The van der Waals surface area contributed by atoms with Crippen LogP contribution in [0.4, 0.5) is 0 Å². The summed E-state index contributed by atoms with van der Waals surface area (Å²) in [4.78, 5) is 6.57. The molecular formula is C17H9Br2N3O4S3. The number of thiophene rings is 2. The van der Waals surface area contributed by atoms with Crippen molar-refractivity contribution in [1.29, 1.82) is 0 Å². The van der Waals surface area contributed by atoms with Crippen molar-refractivity contribution in [2.24, 2.45) is 0 Å². The van der Waals surface area contributed by atoms with Gasteiger partial charge < -0.3 is 18.9 Å². The van der Waals surface area contributed by atoms with E-state index in [2.05, 4.69) is 40.6 Å². The van der Waals surface area contributed by atoms with Crippen LogP contribution in [0, 0.1) is 0 Å². The molecule has 148 valence electrons. The predicted molar refractivity (Wildman–Crippen MR) is 119 cm³/mol. The fourth-order valence-electron chi connectivity index (χ4n) is 3.27. The van der Waals surface area contributed by atoms with E-state index in [1.807, 2.05) is 6.20 Å². The molecule has 7 nitrogen and oxygen atoms in total. The van der Waals surface area contributed by atoms with Gasteiger partial charge in [-0.25, -0.2) is 0 Å². The summed E-state index contributed by atoms with van der Waals surface area (Å²) in [6.07, 6.45) is 1.82. The molecule has 0 spiro atoms. The zero-order chi connectivity index (χ0) is 19.5. The van der Waals surface area contributed by atoms with Gasteiger partial charge in [0.2, 0.25) is 0 Å². The van der Waals surface area contributed by atoms with Crippen molar-refractivity contribution in [3.8, 4) is 44.0 Å². The number of nitrogens with zero attached hydrogens (tertiary/aromatic N) is 3. The van der Waals surface area contributed by atoms with Crippen LogP contribution in [0.5, 0.6) is 23.0 Å². The molecule has 0 atom stereocenters. The number of aromatic nitrogens is 3. The molecule has 0 unspecified atom stereocenters. The summed E-state index contributed by atoms with van der Waals surface area (Å²) < 4.78 is 34.2. The lowest BCUT2D eigenvalue weighted by Crippen LogP contribution is -2.14. The SMILES string of the molecule is Brc1sc(-c2cnc(-c3sc(Br)c4c3OCCO4)c3nsnc23)c2c1OCCO2. The maximum atomic E-state index is 5.89. The van der Waals surface area contributed by atoms with Crippen LogP contribution in [0.3, 0.4) is 0 Å². The summed E-state index contributed by atoms with van der Waals surface area (Å²) in [6, 6.07) is 0. The van der Waals surface area contributed by atoms with E-state index in [9.17, 15) is 0 Å². The van der Waals surface area contributed by atoms with Gasteiger partial charge in [0.1, 0.15) is 55.6 Å². The molecule has 0 saturated heterocycles. The van der Waals surface area contributed by atoms with E-state index in [-0.39, 0.29) is 0 Å². The molecule has 0 radical (unpaired) electrons. The minimum atomic E-state index is 0.506. The summed E-state index contributed by atoms with van der Waals surface area (Å²) in [5.41, 5.74) is 3.11.